The molecule has 18 heavy (non-hydrogen) atoms. The van der Waals surface area contributed by atoms with E-state index in [0.717, 1.165) is 27.4 Å². The number of hydrogen-bond acceptors (Lipinski definition) is 4. The van der Waals surface area contributed by atoms with E-state index >= 15 is 0 Å². The molecule has 0 unspecified atom stereocenters. The van der Waals surface area contributed by atoms with Gasteiger partial charge in [0.05, 0.1) is 18.1 Å². The number of rotatable bonds is 2. The van der Waals surface area contributed by atoms with Crippen LogP contribution in [0.1, 0.15) is 19.1 Å². The smallest absolute Gasteiger partial charge is 0.148 e. The molecular weight excluding hydrogens is 368 g/mol. The molecule has 0 spiro atoms. The third-order valence-corrected chi connectivity index (χ3v) is 4.22. The molecule has 3 rings (SSSR count). The van der Waals surface area contributed by atoms with Crippen molar-refractivity contribution >= 4 is 45.2 Å². The van der Waals surface area contributed by atoms with Crippen molar-refractivity contribution in [2.45, 2.75) is 25.2 Å². The Hall–Kier alpha value is -0.440. The normalized spacial score (nSPS) is 23.9. The highest BCUT2D eigenvalue weighted by atomic mass is 127. The van der Waals surface area contributed by atoms with Gasteiger partial charge in [0, 0.05) is 9.77 Å². The minimum atomic E-state index is -0.0841. The highest BCUT2D eigenvalue weighted by molar-refractivity contribution is 14.1. The largest absolute Gasteiger partial charge is 0.394 e. The fourth-order valence-corrected chi connectivity index (χ4v) is 3.44. The van der Waals surface area contributed by atoms with E-state index in [4.69, 9.17) is 21.4 Å². The molecule has 5 nitrogen and oxygen atoms in total. The first-order valence-corrected chi connectivity index (χ1v) is 7.09. The maximum atomic E-state index is 9.11. The Morgan fingerprint density at radius 2 is 2.33 bits per heavy atom. The monoisotopic (exact) mass is 379 g/mol. The Labute approximate surface area is 122 Å². The lowest BCUT2D eigenvalue weighted by atomic mass is 10.2. The highest BCUT2D eigenvalue weighted by Gasteiger charge is 2.28. The van der Waals surface area contributed by atoms with E-state index in [1.54, 1.807) is 0 Å². The van der Waals surface area contributed by atoms with Crippen molar-refractivity contribution in [2.75, 3.05) is 6.61 Å². The predicted molar refractivity (Wildman–Crippen MR) is 75.5 cm³/mol. The SMILES string of the molecule is OC[C@@H]1CC[C@H](n2cc(I)c3c(Cl)ncnc32)O1. The molecule has 1 fully saturated rings. The van der Waals surface area contributed by atoms with Gasteiger partial charge in [0.15, 0.2) is 0 Å². The Morgan fingerprint density at radius 3 is 3.06 bits per heavy atom. The molecule has 3 heterocycles. The number of nitrogens with zero attached hydrogens (tertiary/aromatic N) is 3. The minimum absolute atomic E-state index is 0.0581. The van der Waals surface area contributed by atoms with Crippen molar-refractivity contribution in [3.05, 3.63) is 21.2 Å². The van der Waals surface area contributed by atoms with E-state index in [0.29, 0.717) is 5.15 Å². The van der Waals surface area contributed by atoms with E-state index in [2.05, 4.69) is 32.6 Å². The van der Waals surface area contributed by atoms with Gasteiger partial charge in [0.2, 0.25) is 0 Å². The molecule has 2 aromatic rings. The molecule has 0 aromatic carbocycles. The summed E-state index contributed by atoms with van der Waals surface area (Å²) in [4.78, 5) is 8.27. The standard InChI is InChI=1S/C11H11ClIN3O2/c12-10-9-7(13)3-16(11(9)15-5-14-10)8-2-1-6(4-17)18-8/h3,5-6,8,17H,1-2,4H2/t6-,8+/m0/s1. The maximum Gasteiger partial charge on any atom is 0.148 e. The fourth-order valence-electron chi connectivity index (χ4n) is 2.25. The molecule has 1 saturated heterocycles. The summed E-state index contributed by atoms with van der Waals surface area (Å²) < 4.78 is 8.74. The molecule has 2 atom stereocenters. The van der Waals surface area contributed by atoms with Crippen LogP contribution in [0.4, 0.5) is 0 Å². The lowest BCUT2D eigenvalue weighted by Crippen LogP contribution is -2.14. The second-order valence-electron chi connectivity index (χ2n) is 4.22. The molecule has 1 aliphatic heterocycles. The molecule has 0 radical (unpaired) electrons. The predicted octanol–water partition coefficient (Wildman–Crippen LogP) is 2.36. The van der Waals surface area contributed by atoms with Crippen LogP contribution in [0, 0.1) is 3.57 Å². The van der Waals surface area contributed by atoms with E-state index in [9.17, 15) is 0 Å². The maximum absolute atomic E-state index is 9.11. The van der Waals surface area contributed by atoms with E-state index in [-0.39, 0.29) is 18.9 Å². The van der Waals surface area contributed by atoms with Crippen LogP contribution < -0.4 is 0 Å². The molecule has 0 amide bonds. The van der Waals surface area contributed by atoms with E-state index < -0.39 is 0 Å². The van der Waals surface area contributed by atoms with Gasteiger partial charge in [-0.2, -0.15) is 0 Å². The number of halogens is 2. The first-order chi connectivity index (χ1) is 8.70. The summed E-state index contributed by atoms with van der Waals surface area (Å²) in [6.45, 7) is 0.0581. The van der Waals surface area contributed by atoms with Crippen LogP contribution in [-0.4, -0.2) is 32.4 Å². The molecule has 0 aliphatic carbocycles. The Bertz CT molecular complexity index is 589. The molecule has 1 aliphatic rings. The summed E-state index contributed by atoms with van der Waals surface area (Å²) in [6.07, 6.45) is 4.98. The lowest BCUT2D eigenvalue weighted by molar-refractivity contribution is -0.0205. The van der Waals surface area contributed by atoms with Crippen molar-refractivity contribution in [1.29, 1.82) is 0 Å². The van der Waals surface area contributed by atoms with Gasteiger partial charge in [0.1, 0.15) is 23.4 Å². The topological polar surface area (TPSA) is 60.2 Å². The Balaban J connectivity index is 2.06. The first-order valence-electron chi connectivity index (χ1n) is 5.63. The molecule has 0 bridgehead atoms. The third-order valence-electron chi connectivity index (χ3n) is 3.12. The molecule has 2 aromatic heterocycles. The Morgan fingerprint density at radius 1 is 1.50 bits per heavy atom. The average molecular weight is 380 g/mol. The minimum Gasteiger partial charge on any atom is -0.394 e. The molecule has 0 saturated carbocycles. The summed E-state index contributed by atoms with van der Waals surface area (Å²) in [5.74, 6) is 0. The van der Waals surface area contributed by atoms with Crippen molar-refractivity contribution in [3.8, 4) is 0 Å². The van der Waals surface area contributed by atoms with Crippen LogP contribution in [0.15, 0.2) is 12.5 Å². The summed E-state index contributed by atoms with van der Waals surface area (Å²) in [5.41, 5.74) is 0.781. The number of aliphatic hydroxyl groups is 1. The fraction of sp³-hybridized carbons (Fsp3) is 0.455. The second-order valence-corrected chi connectivity index (χ2v) is 5.74. The van der Waals surface area contributed by atoms with Crippen LogP contribution in [0.2, 0.25) is 5.15 Å². The van der Waals surface area contributed by atoms with Crippen LogP contribution in [0.25, 0.3) is 11.0 Å². The molecule has 7 heteroatoms. The van der Waals surface area contributed by atoms with E-state index in [1.165, 1.54) is 6.33 Å². The Kier molecular flexibility index (Phi) is 3.44. The van der Waals surface area contributed by atoms with Crippen LogP contribution in [-0.2, 0) is 4.74 Å². The van der Waals surface area contributed by atoms with Crippen LogP contribution in [0.3, 0.4) is 0 Å². The zero-order valence-corrected chi connectivity index (χ0v) is 12.3. The summed E-state index contributed by atoms with van der Waals surface area (Å²) in [5, 5.41) is 10.4. The number of aliphatic hydroxyl groups excluding tert-OH is 1. The van der Waals surface area contributed by atoms with Crippen LogP contribution >= 0.6 is 34.2 Å². The van der Waals surface area contributed by atoms with Gasteiger partial charge in [-0.15, -0.1) is 0 Å². The van der Waals surface area contributed by atoms with Gasteiger partial charge in [-0.25, -0.2) is 9.97 Å². The summed E-state index contributed by atoms with van der Waals surface area (Å²) >= 11 is 8.30. The quantitative estimate of drug-likeness (QED) is 0.643. The third kappa shape index (κ3) is 2.01. The highest BCUT2D eigenvalue weighted by Crippen LogP contribution is 2.34. The lowest BCUT2D eigenvalue weighted by Gasteiger charge is -2.14. The van der Waals surface area contributed by atoms with Gasteiger partial charge in [0.25, 0.3) is 0 Å². The second kappa shape index (κ2) is 4.92. The number of aromatic nitrogens is 3. The van der Waals surface area contributed by atoms with Gasteiger partial charge in [-0.3, -0.25) is 0 Å². The van der Waals surface area contributed by atoms with Crippen molar-refractivity contribution in [1.82, 2.24) is 14.5 Å². The van der Waals surface area contributed by atoms with Crippen molar-refractivity contribution in [2.24, 2.45) is 0 Å². The van der Waals surface area contributed by atoms with Gasteiger partial charge in [-0.05, 0) is 35.4 Å². The van der Waals surface area contributed by atoms with Gasteiger partial charge in [-0.1, -0.05) is 11.6 Å². The number of ether oxygens (including phenoxy) is 1. The van der Waals surface area contributed by atoms with Gasteiger partial charge < -0.3 is 14.4 Å². The summed E-state index contributed by atoms with van der Waals surface area (Å²) in [7, 11) is 0. The number of hydrogen-bond donors (Lipinski definition) is 1. The zero-order chi connectivity index (χ0) is 12.7. The average Bonchev–Trinajstić information content (AvgIpc) is 2.94. The van der Waals surface area contributed by atoms with Crippen molar-refractivity contribution in [3.63, 3.8) is 0 Å². The first kappa shape index (κ1) is 12.6. The van der Waals surface area contributed by atoms with E-state index in [1.807, 2.05) is 10.8 Å². The van der Waals surface area contributed by atoms with Crippen LogP contribution in [0.5, 0.6) is 0 Å². The zero-order valence-electron chi connectivity index (χ0n) is 9.38. The van der Waals surface area contributed by atoms with Crippen molar-refractivity contribution < 1.29 is 9.84 Å². The van der Waals surface area contributed by atoms with Gasteiger partial charge >= 0.3 is 0 Å². The summed E-state index contributed by atoms with van der Waals surface area (Å²) in [6, 6.07) is 0. The number of fused-ring (bicyclic) bond motifs is 1. The molecule has 1 N–H and O–H groups in total. The molecule has 96 valence electrons. The molecular formula is C11H11ClIN3O2.